The highest BCUT2D eigenvalue weighted by Crippen LogP contribution is 2.39. The van der Waals surface area contributed by atoms with E-state index >= 15 is 0 Å². The van der Waals surface area contributed by atoms with Gasteiger partial charge < -0.3 is 53.7 Å². The summed E-state index contributed by atoms with van der Waals surface area (Å²) in [6, 6.07) is 0. The first-order valence-electron chi connectivity index (χ1n) is 12.7. The average molecular weight is 614 g/mol. The van der Waals surface area contributed by atoms with E-state index in [1.807, 2.05) is 0 Å². The van der Waals surface area contributed by atoms with Crippen molar-refractivity contribution < 1.29 is 53.0 Å². The van der Waals surface area contributed by atoms with E-state index in [0.29, 0.717) is 77.3 Å². The van der Waals surface area contributed by atoms with Crippen LogP contribution in [-0.4, -0.2) is 137 Å². The maximum absolute atomic E-state index is 11.2. The van der Waals surface area contributed by atoms with Crippen LogP contribution in [0.1, 0.15) is 12.6 Å². The number of ether oxygens (including phenoxy) is 6. The van der Waals surface area contributed by atoms with Gasteiger partial charge >= 0.3 is 7.60 Å². The Bertz CT molecular complexity index is 1080. The number of fused-ring (bicyclic) bond motifs is 1. The van der Waals surface area contributed by atoms with Crippen molar-refractivity contribution in [2.24, 2.45) is 0 Å². The molecule has 0 radical (unpaired) electrons. The van der Waals surface area contributed by atoms with Gasteiger partial charge in [0.1, 0.15) is 12.2 Å². The van der Waals surface area contributed by atoms with Crippen molar-refractivity contribution in [3.8, 4) is 0 Å². The van der Waals surface area contributed by atoms with Crippen molar-refractivity contribution in [3.05, 3.63) is 11.6 Å². The van der Waals surface area contributed by atoms with E-state index in [1.54, 1.807) is 7.11 Å². The highest BCUT2D eigenvalue weighted by molar-refractivity contribution is 7.51. The molecule has 1 saturated heterocycles. The highest BCUT2D eigenvalue weighted by atomic mass is 35.5. The average Bonchev–Trinajstić information content (AvgIpc) is 3.45. The van der Waals surface area contributed by atoms with Crippen LogP contribution in [0.25, 0.3) is 11.2 Å². The van der Waals surface area contributed by atoms with Crippen LogP contribution < -0.4 is 5.32 Å². The van der Waals surface area contributed by atoms with Crippen molar-refractivity contribution in [1.82, 2.24) is 19.5 Å². The molecule has 0 bridgehead atoms. The number of hydrogen-bond donors (Lipinski definition) is 5. The third-order valence-electron chi connectivity index (χ3n) is 5.80. The van der Waals surface area contributed by atoms with E-state index in [4.69, 9.17) is 49.8 Å². The molecule has 0 spiro atoms. The van der Waals surface area contributed by atoms with Gasteiger partial charge in [0, 0.05) is 13.7 Å². The van der Waals surface area contributed by atoms with Crippen molar-refractivity contribution in [1.29, 1.82) is 0 Å². The summed E-state index contributed by atoms with van der Waals surface area (Å²) in [6.07, 6.45) is -4.09. The number of aliphatic hydroxyl groups is 2. The molecule has 16 nitrogen and oxygen atoms in total. The lowest BCUT2D eigenvalue weighted by molar-refractivity contribution is -0.0355. The molecule has 3 rings (SSSR count). The van der Waals surface area contributed by atoms with Crippen molar-refractivity contribution >= 4 is 36.2 Å². The first-order chi connectivity index (χ1) is 19.2. The molecular weight excluding hydrogens is 577 g/mol. The fraction of sp³-hybridized carbons (Fsp3) is 0.773. The zero-order valence-electron chi connectivity index (χ0n) is 22.1. The lowest BCUT2D eigenvalue weighted by Crippen LogP contribution is -2.31. The number of aliphatic hydroxyl groups excluding tert-OH is 2. The summed E-state index contributed by atoms with van der Waals surface area (Å²) in [5, 5.41) is 23.9. The van der Waals surface area contributed by atoms with E-state index in [1.165, 1.54) is 10.9 Å². The van der Waals surface area contributed by atoms with Crippen LogP contribution in [0.5, 0.6) is 0 Å². The summed E-state index contributed by atoms with van der Waals surface area (Å²) >= 11 is 6.11. The predicted octanol–water partition coefficient (Wildman–Crippen LogP) is -0.209. The quantitative estimate of drug-likeness (QED) is 0.0743. The maximum atomic E-state index is 11.2. The second-order valence-corrected chi connectivity index (χ2v) is 10.9. The van der Waals surface area contributed by atoms with E-state index in [9.17, 15) is 14.8 Å². The van der Waals surface area contributed by atoms with E-state index in [2.05, 4.69) is 20.3 Å². The number of nitrogens with zero attached hydrogens (tertiary/aromatic N) is 4. The summed E-state index contributed by atoms with van der Waals surface area (Å²) in [5.41, 5.74) is 0.591. The zero-order valence-corrected chi connectivity index (χ0v) is 23.8. The van der Waals surface area contributed by atoms with Crippen LogP contribution in [0.15, 0.2) is 6.33 Å². The van der Waals surface area contributed by atoms with Crippen LogP contribution in [0.2, 0.25) is 5.28 Å². The van der Waals surface area contributed by atoms with Crippen LogP contribution in [-0.2, 0) is 33.0 Å². The number of hydrogen-bond acceptors (Lipinski definition) is 13. The molecular formula is C22H37ClN5O11P. The normalized spacial score (nSPS) is 21.4. The Kier molecular flexibility index (Phi) is 13.8. The van der Waals surface area contributed by atoms with Gasteiger partial charge in [-0.2, -0.15) is 9.97 Å². The second-order valence-electron chi connectivity index (χ2n) is 8.76. The summed E-state index contributed by atoms with van der Waals surface area (Å²) in [5.74, 6) is 0.336. The van der Waals surface area contributed by atoms with Gasteiger partial charge in [0.15, 0.2) is 23.2 Å². The van der Waals surface area contributed by atoms with E-state index in [0.717, 1.165) is 0 Å². The van der Waals surface area contributed by atoms with Gasteiger partial charge in [0.2, 0.25) is 5.28 Å². The molecule has 228 valence electrons. The standard InChI is InChI=1S/C22H37ClN5O11P/c1-34-5-6-36-9-10-38-12-11-37-8-7-35-4-3-24-19-16-20(27-22(23)26-19)28(14-25-16)21-18(30)17(29)15(39-21)2-13-40(31,32)33/h14-15,17-18,21,29-30H,2-13H2,1H3,(H,24,26,27)(H2,31,32,33). The molecule has 1 aliphatic heterocycles. The first-order valence-corrected chi connectivity index (χ1v) is 14.9. The number of anilines is 1. The third-order valence-corrected chi connectivity index (χ3v) is 6.81. The molecule has 1 fully saturated rings. The Morgan fingerprint density at radius 2 is 1.57 bits per heavy atom. The largest absolute Gasteiger partial charge is 0.388 e. The van der Waals surface area contributed by atoms with Crippen LogP contribution >= 0.6 is 19.2 Å². The topological polar surface area (TPSA) is 209 Å². The van der Waals surface area contributed by atoms with Gasteiger partial charge in [-0.1, -0.05) is 0 Å². The number of imidazole rings is 1. The highest BCUT2D eigenvalue weighted by Gasteiger charge is 2.44. The fourth-order valence-corrected chi connectivity index (χ4v) is 4.59. The number of aromatic nitrogens is 4. The molecule has 0 amide bonds. The van der Waals surface area contributed by atoms with Crippen LogP contribution in [0.4, 0.5) is 5.82 Å². The Morgan fingerprint density at radius 3 is 2.17 bits per heavy atom. The Balaban J connectivity index is 1.39. The number of methoxy groups -OCH3 is 1. The summed E-state index contributed by atoms with van der Waals surface area (Å²) < 4.78 is 44.9. The summed E-state index contributed by atoms with van der Waals surface area (Å²) in [6.45, 7) is 4.52. The first kappa shape index (κ1) is 33.0. The van der Waals surface area contributed by atoms with E-state index < -0.39 is 38.3 Å². The van der Waals surface area contributed by atoms with E-state index in [-0.39, 0.29) is 17.4 Å². The molecule has 0 aliphatic carbocycles. The fourth-order valence-electron chi connectivity index (χ4n) is 3.84. The van der Waals surface area contributed by atoms with Gasteiger partial charge in [-0.25, -0.2) is 4.98 Å². The van der Waals surface area contributed by atoms with Crippen LogP contribution in [0.3, 0.4) is 0 Å². The molecule has 18 heteroatoms. The molecule has 1 aliphatic rings. The van der Waals surface area contributed by atoms with Crippen molar-refractivity contribution in [2.45, 2.75) is 31.0 Å². The molecule has 3 heterocycles. The minimum absolute atomic E-state index is 0.0825. The van der Waals surface area contributed by atoms with Gasteiger partial charge in [0.05, 0.1) is 78.1 Å². The summed E-state index contributed by atoms with van der Waals surface area (Å²) in [4.78, 5) is 30.9. The van der Waals surface area contributed by atoms with Crippen molar-refractivity contribution in [3.63, 3.8) is 0 Å². The summed E-state index contributed by atoms with van der Waals surface area (Å²) in [7, 11) is -2.68. The van der Waals surface area contributed by atoms with Gasteiger partial charge in [-0.3, -0.25) is 9.13 Å². The molecule has 4 unspecified atom stereocenters. The minimum atomic E-state index is -4.30. The second kappa shape index (κ2) is 16.8. The third kappa shape index (κ3) is 10.4. The lowest BCUT2D eigenvalue weighted by Gasteiger charge is -2.17. The molecule has 5 N–H and O–H groups in total. The van der Waals surface area contributed by atoms with Gasteiger partial charge in [-0.15, -0.1) is 0 Å². The smallest absolute Gasteiger partial charge is 0.325 e. The Labute approximate surface area is 236 Å². The molecule has 2 aromatic rings. The lowest BCUT2D eigenvalue weighted by atomic mass is 10.1. The monoisotopic (exact) mass is 613 g/mol. The van der Waals surface area contributed by atoms with Gasteiger partial charge in [-0.05, 0) is 18.0 Å². The van der Waals surface area contributed by atoms with Gasteiger partial charge in [0.25, 0.3) is 0 Å². The van der Waals surface area contributed by atoms with Crippen molar-refractivity contribution in [2.75, 3.05) is 84.6 Å². The molecule has 0 aromatic carbocycles. The minimum Gasteiger partial charge on any atom is -0.388 e. The number of rotatable bonds is 20. The number of nitrogens with one attached hydrogen (secondary N) is 1. The Hall–Kier alpha value is -1.53. The number of halogens is 1. The molecule has 40 heavy (non-hydrogen) atoms. The molecule has 2 aromatic heterocycles. The SMILES string of the molecule is COCCOCCOCCOCCOCCNc1nc(Cl)nc2c1ncn2C1OC(CCP(=O)(O)O)C(O)C1O. The zero-order chi connectivity index (χ0) is 29.0. The molecule has 4 atom stereocenters. The van der Waals surface area contributed by atoms with Crippen LogP contribution in [0, 0.1) is 0 Å². The Morgan fingerprint density at radius 1 is 0.975 bits per heavy atom. The molecule has 0 saturated carbocycles. The maximum Gasteiger partial charge on any atom is 0.325 e. The predicted molar refractivity (Wildman–Crippen MR) is 141 cm³/mol.